The SMILES string of the molecule is COc1ccc(CN[C@@H](C(=O)NC2c3ccccc3CC2O)[C@H](O)[C@H](Cc2ccccc2)NC(=O)C(CC(=O)O)NC(=O)OCc2ccccc2)cc1. The third-order valence-electron chi connectivity index (χ3n) is 9.05. The molecule has 7 N–H and O–H groups in total. The van der Waals surface area contributed by atoms with Crippen LogP contribution < -0.4 is 26.0 Å². The van der Waals surface area contributed by atoms with Crippen molar-refractivity contribution in [3.05, 3.63) is 137 Å². The van der Waals surface area contributed by atoms with Crippen LogP contribution in [0.3, 0.4) is 0 Å². The first-order valence-corrected chi connectivity index (χ1v) is 17.2. The molecule has 278 valence electrons. The van der Waals surface area contributed by atoms with E-state index in [0.717, 1.165) is 16.7 Å². The lowest BCUT2D eigenvalue weighted by atomic mass is 9.94. The Bertz CT molecular complexity index is 1830. The van der Waals surface area contributed by atoms with Crippen molar-refractivity contribution in [2.45, 2.75) is 68.8 Å². The van der Waals surface area contributed by atoms with Gasteiger partial charge in [0.15, 0.2) is 0 Å². The molecule has 5 rings (SSSR count). The topological polar surface area (TPSA) is 196 Å². The zero-order valence-corrected chi connectivity index (χ0v) is 29.2. The number of carbonyl (C=O) groups excluding carboxylic acids is 3. The smallest absolute Gasteiger partial charge is 0.408 e. The van der Waals surface area contributed by atoms with Gasteiger partial charge in [0, 0.05) is 13.0 Å². The Morgan fingerprint density at radius 1 is 0.792 bits per heavy atom. The van der Waals surface area contributed by atoms with E-state index in [9.17, 15) is 34.5 Å². The average molecular weight is 725 g/mol. The first-order valence-electron chi connectivity index (χ1n) is 17.2. The highest BCUT2D eigenvalue weighted by atomic mass is 16.5. The van der Waals surface area contributed by atoms with Gasteiger partial charge in [-0.05, 0) is 46.4 Å². The van der Waals surface area contributed by atoms with E-state index in [1.165, 1.54) is 0 Å². The van der Waals surface area contributed by atoms with Gasteiger partial charge in [0.1, 0.15) is 24.4 Å². The molecule has 0 saturated heterocycles. The van der Waals surface area contributed by atoms with Crippen molar-refractivity contribution >= 4 is 23.9 Å². The predicted molar refractivity (Wildman–Crippen MR) is 195 cm³/mol. The molecule has 3 amide bonds. The number of carbonyl (C=O) groups is 4. The van der Waals surface area contributed by atoms with E-state index >= 15 is 0 Å². The Morgan fingerprint density at radius 2 is 1.43 bits per heavy atom. The predicted octanol–water partition coefficient (Wildman–Crippen LogP) is 2.79. The zero-order chi connectivity index (χ0) is 37.7. The molecule has 0 spiro atoms. The van der Waals surface area contributed by atoms with Crippen LogP contribution in [0.4, 0.5) is 4.79 Å². The number of aliphatic hydroxyl groups is 2. The quantitative estimate of drug-likeness (QED) is 0.0851. The molecule has 0 heterocycles. The van der Waals surface area contributed by atoms with Crippen LogP contribution in [0, 0.1) is 0 Å². The fraction of sp³-hybridized carbons (Fsp3) is 0.300. The van der Waals surface area contributed by atoms with Gasteiger partial charge in [-0.25, -0.2) is 4.79 Å². The number of amides is 3. The largest absolute Gasteiger partial charge is 0.497 e. The molecule has 13 heteroatoms. The van der Waals surface area contributed by atoms with E-state index < -0.39 is 66.7 Å². The number of hydrogen-bond acceptors (Lipinski definition) is 9. The van der Waals surface area contributed by atoms with Gasteiger partial charge in [-0.1, -0.05) is 97.1 Å². The summed E-state index contributed by atoms with van der Waals surface area (Å²) in [5.74, 6) is -2.26. The van der Waals surface area contributed by atoms with Crippen LogP contribution in [0.25, 0.3) is 0 Å². The maximum Gasteiger partial charge on any atom is 0.408 e. The average Bonchev–Trinajstić information content (AvgIpc) is 3.48. The molecule has 13 nitrogen and oxygen atoms in total. The van der Waals surface area contributed by atoms with Gasteiger partial charge in [0.05, 0.1) is 37.8 Å². The Kier molecular flexibility index (Phi) is 13.5. The maximum absolute atomic E-state index is 14.1. The zero-order valence-electron chi connectivity index (χ0n) is 29.2. The van der Waals surface area contributed by atoms with Crippen LogP contribution in [0.1, 0.15) is 40.3 Å². The van der Waals surface area contributed by atoms with Crippen molar-refractivity contribution in [3.63, 3.8) is 0 Å². The second-order valence-corrected chi connectivity index (χ2v) is 12.8. The molecule has 1 aliphatic rings. The van der Waals surface area contributed by atoms with Gasteiger partial charge in [-0.15, -0.1) is 0 Å². The summed E-state index contributed by atoms with van der Waals surface area (Å²) in [7, 11) is 1.55. The molecular formula is C40H44N4O9. The van der Waals surface area contributed by atoms with E-state index in [0.29, 0.717) is 23.3 Å². The summed E-state index contributed by atoms with van der Waals surface area (Å²) in [5.41, 5.74) is 3.81. The summed E-state index contributed by atoms with van der Waals surface area (Å²) in [6, 6.07) is 27.4. The van der Waals surface area contributed by atoms with Crippen molar-refractivity contribution in [1.82, 2.24) is 21.3 Å². The van der Waals surface area contributed by atoms with E-state index in [-0.39, 0.29) is 19.6 Å². The molecule has 0 aliphatic heterocycles. The van der Waals surface area contributed by atoms with Crippen molar-refractivity contribution in [2.75, 3.05) is 7.11 Å². The van der Waals surface area contributed by atoms with Crippen molar-refractivity contribution < 1.29 is 44.0 Å². The second-order valence-electron chi connectivity index (χ2n) is 12.8. The lowest BCUT2D eigenvalue weighted by Gasteiger charge is -2.33. The monoisotopic (exact) mass is 724 g/mol. The highest BCUT2D eigenvalue weighted by molar-refractivity contribution is 5.89. The highest BCUT2D eigenvalue weighted by Crippen LogP contribution is 2.31. The Morgan fingerprint density at radius 3 is 2.09 bits per heavy atom. The molecule has 0 aromatic heterocycles. The number of aliphatic hydroxyl groups excluding tert-OH is 2. The van der Waals surface area contributed by atoms with Crippen molar-refractivity contribution in [1.29, 1.82) is 0 Å². The maximum atomic E-state index is 14.1. The van der Waals surface area contributed by atoms with Gasteiger partial charge in [-0.2, -0.15) is 0 Å². The van der Waals surface area contributed by atoms with Crippen LogP contribution in [-0.2, 0) is 45.1 Å². The summed E-state index contributed by atoms with van der Waals surface area (Å²) in [4.78, 5) is 52.4. The van der Waals surface area contributed by atoms with Crippen LogP contribution in [0.15, 0.2) is 109 Å². The second kappa shape index (κ2) is 18.6. The number of hydrogen-bond donors (Lipinski definition) is 7. The molecule has 6 atom stereocenters. The van der Waals surface area contributed by atoms with E-state index in [2.05, 4.69) is 21.3 Å². The third kappa shape index (κ3) is 10.9. The number of ether oxygens (including phenoxy) is 2. The van der Waals surface area contributed by atoms with E-state index in [4.69, 9.17) is 9.47 Å². The number of benzene rings is 4. The third-order valence-corrected chi connectivity index (χ3v) is 9.05. The van der Waals surface area contributed by atoms with Crippen molar-refractivity contribution in [3.8, 4) is 5.75 Å². The molecular weight excluding hydrogens is 680 g/mol. The van der Waals surface area contributed by atoms with Crippen molar-refractivity contribution in [2.24, 2.45) is 0 Å². The Hall–Kier alpha value is -5.76. The minimum atomic E-state index is -1.60. The molecule has 53 heavy (non-hydrogen) atoms. The minimum Gasteiger partial charge on any atom is -0.497 e. The number of aliphatic carboxylic acids is 1. The summed E-state index contributed by atoms with van der Waals surface area (Å²) < 4.78 is 10.5. The molecule has 4 aromatic carbocycles. The van der Waals surface area contributed by atoms with Gasteiger partial charge in [0.2, 0.25) is 11.8 Å². The first kappa shape index (κ1) is 38.5. The van der Waals surface area contributed by atoms with E-state index in [1.54, 1.807) is 92.0 Å². The number of carboxylic acids is 1. The molecule has 3 unspecified atom stereocenters. The lowest BCUT2D eigenvalue weighted by molar-refractivity contribution is -0.140. The molecule has 0 fully saturated rings. The van der Waals surface area contributed by atoms with Crippen LogP contribution >= 0.6 is 0 Å². The number of alkyl carbamates (subject to hydrolysis) is 1. The van der Waals surface area contributed by atoms with E-state index in [1.807, 2.05) is 24.3 Å². The molecule has 0 radical (unpaired) electrons. The molecule has 4 aromatic rings. The number of fused-ring (bicyclic) bond motifs is 1. The summed E-state index contributed by atoms with van der Waals surface area (Å²) >= 11 is 0. The van der Waals surface area contributed by atoms with Crippen LogP contribution in [0.5, 0.6) is 5.75 Å². The number of carboxylic acid groups (broad SMARTS) is 1. The summed E-state index contributed by atoms with van der Waals surface area (Å²) in [6.45, 7) is 0.0195. The minimum absolute atomic E-state index is 0.0366. The molecule has 0 saturated carbocycles. The first-order chi connectivity index (χ1) is 25.6. The number of methoxy groups -OCH3 is 1. The standard InChI is InChI=1S/C40H44N4O9/c1-52-29-18-16-26(17-19-29)23-41-36(39(50)44-35-30-15-9-8-14-28(30)21-33(35)45)37(48)31(20-25-10-4-2-5-11-25)42-38(49)32(22-34(46)47)43-40(51)53-24-27-12-6-3-7-13-27/h2-19,31-33,35-37,41,45,48H,20-24H2,1H3,(H,42,49)(H,43,51)(H,44,50)(H,46,47)/t31-,32?,33?,35?,36+,37+/m0/s1. The molecule has 1 aliphatic carbocycles. The van der Waals surface area contributed by atoms with Gasteiger partial charge in [-0.3, -0.25) is 19.7 Å². The normalized spacial score (nSPS) is 17.0. The Balaban J connectivity index is 1.39. The Labute approximate surface area is 307 Å². The lowest BCUT2D eigenvalue weighted by Crippen LogP contribution is -2.61. The van der Waals surface area contributed by atoms with Gasteiger partial charge < -0.3 is 40.7 Å². The fourth-order valence-corrected chi connectivity index (χ4v) is 6.26. The fourth-order valence-electron chi connectivity index (χ4n) is 6.26. The molecule has 0 bridgehead atoms. The number of nitrogens with one attached hydrogen (secondary N) is 4. The summed E-state index contributed by atoms with van der Waals surface area (Å²) in [6.07, 6.45) is -3.91. The number of rotatable bonds is 17. The van der Waals surface area contributed by atoms with Crippen LogP contribution in [-0.4, -0.2) is 76.6 Å². The highest BCUT2D eigenvalue weighted by Gasteiger charge is 2.39. The van der Waals surface area contributed by atoms with Gasteiger partial charge in [0.25, 0.3) is 0 Å². The van der Waals surface area contributed by atoms with Gasteiger partial charge >= 0.3 is 12.1 Å². The summed E-state index contributed by atoms with van der Waals surface area (Å²) in [5, 5.41) is 43.6. The van der Waals surface area contributed by atoms with Crippen LogP contribution in [0.2, 0.25) is 0 Å².